The summed E-state index contributed by atoms with van der Waals surface area (Å²) in [6.07, 6.45) is 0. The molecule has 0 aromatic heterocycles. The second-order valence-corrected chi connectivity index (χ2v) is 5.12. The first-order chi connectivity index (χ1) is 9.85. The van der Waals surface area contributed by atoms with Crippen molar-refractivity contribution in [2.75, 3.05) is 25.0 Å². The molecule has 0 heterocycles. The Balaban J connectivity index is 2.81. The van der Waals surface area contributed by atoms with Crippen molar-refractivity contribution in [2.24, 2.45) is 5.92 Å². The molecule has 0 bridgehead atoms. The number of carbonyl (C=O) groups is 1. The Labute approximate surface area is 123 Å². The van der Waals surface area contributed by atoms with Gasteiger partial charge in [0.25, 0.3) is 5.69 Å². The van der Waals surface area contributed by atoms with E-state index in [2.05, 4.69) is 5.32 Å². The van der Waals surface area contributed by atoms with Crippen molar-refractivity contribution in [1.82, 2.24) is 5.32 Å². The van der Waals surface area contributed by atoms with Crippen molar-refractivity contribution >= 4 is 17.3 Å². The SMILES string of the molecule is CC(C)CNC(=O)CN(C)c1ccc(C#N)c([N+](=O)[O-])c1. The maximum absolute atomic E-state index is 11.7. The Bertz CT molecular complexity index is 578. The van der Waals surface area contributed by atoms with Gasteiger partial charge in [0, 0.05) is 25.3 Å². The van der Waals surface area contributed by atoms with Gasteiger partial charge in [0.1, 0.15) is 11.6 Å². The van der Waals surface area contributed by atoms with Crippen LogP contribution >= 0.6 is 0 Å². The second-order valence-electron chi connectivity index (χ2n) is 5.12. The van der Waals surface area contributed by atoms with Gasteiger partial charge in [-0.2, -0.15) is 5.26 Å². The number of nitro benzene ring substituents is 1. The molecule has 0 radical (unpaired) electrons. The molecular weight excluding hydrogens is 272 g/mol. The fraction of sp³-hybridized carbons (Fsp3) is 0.429. The molecule has 0 saturated carbocycles. The summed E-state index contributed by atoms with van der Waals surface area (Å²) in [7, 11) is 1.67. The number of amides is 1. The van der Waals surface area contributed by atoms with E-state index in [1.165, 1.54) is 12.1 Å². The monoisotopic (exact) mass is 290 g/mol. The maximum atomic E-state index is 11.7. The van der Waals surface area contributed by atoms with Gasteiger partial charge >= 0.3 is 0 Å². The largest absolute Gasteiger partial charge is 0.365 e. The van der Waals surface area contributed by atoms with E-state index in [1.54, 1.807) is 24.1 Å². The quantitative estimate of drug-likeness (QED) is 0.634. The average molecular weight is 290 g/mol. The molecule has 0 unspecified atom stereocenters. The van der Waals surface area contributed by atoms with Crippen LogP contribution in [0.15, 0.2) is 18.2 Å². The number of carbonyl (C=O) groups excluding carboxylic acids is 1. The third-order valence-electron chi connectivity index (χ3n) is 2.83. The molecule has 0 fully saturated rings. The number of hydrogen-bond acceptors (Lipinski definition) is 5. The van der Waals surface area contributed by atoms with Gasteiger partial charge in [-0.25, -0.2) is 0 Å². The van der Waals surface area contributed by atoms with E-state index >= 15 is 0 Å². The number of rotatable bonds is 6. The standard InChI is InChI=1S/C14H18N4O3/c1-10(2)8-16-14(19)9-17(3)12-5-4-11(7-15)13(6-12)18(20)21/h4-6,10H,8-9H2,1-3H3,(H,16,19). The highest BCUT2D eigenvalue weighted by Crippen LogP contribution is 2.24. The van der Waals surface area contributed by atoms with E-state index in [0.717, 1.165) is 0 Å². The van der Waals surface area contributed by atoms with E-state index < -0.39 is 4.92 Å². The van der Waals surface area contributed by atoms with Crippen molar-refractivity contribution in [1.29, 1.82) is 5.26 Å². The highest BCUT2D eigenvalue weighted by molar-refractivity contribution is 5.81. The molecule has 1 N–H and O–H groups in total. The summed E-state index contributed by atoms with van der Waals surface area (Å²) in [6.45, 7) is 4.66. The topological polar surface area (TPSA) is 99.3 Å². The predicted octanol–water partition coefficient (Wildman–Crippen LogP) is 1.67. The average Bonchev–Trinajstić information content (AvgIpc) is 2.44. The van der Waals surface area contributed by atoms with Gasteiger partial charge in [-0.15, -0.1) is 0 Å². The number of nitrogens with zero attached hydrogens (tertiary/aromatic N) is 3. The zero-order valence-electron chi connectivity index (χ0n) is 12.3. The van der Waals surface area contributed by atoms with Crippen molar-refractivity contribution in [3.05, 3.63) is 33.9 Å². The van der Waals surface area contributed by atoms with Crippen LogP contribution in [-0.4, -0.2) is 31.0 Å². The molecule has 112 valence electrons. The van der Waals surface area contributed by atoms with Gasteiger partial charge in [-0.3, -0.25) is 14.9 Å². The predicted molar refractivity (Wildman–Crippen MR) is 78.9 cm³/mol. The number of likely N-dealkylation sites (N-methyl/N-ethyl adjacent to an activating group) is 1. The number of benzene rings is 1. The second kappa shape index (κ2) is 7.24. The summed E-state index contributed by atoms with van der Waals surface area (Å²) in [5, 5.41) is 22.5. The summed E-state index contributed by atoms with van der Waals surface area (Å²) < 4.78 is 0. The first-order valence-corrected chi connectivity index (χ1v) is 6.51. The normalized spacial score (nSPS) is 10.0. The lowest BCUT2D eigenvalue weighted by atomic mass is 10.1. The molecule has 1 rings (SSSR count). The number of hydrogen-bond donors (Lipinski definition) is 1. The van der Waals surface area contributed by atoms with Crippen LogP contribution in [0, 0.1) is 27.4 Å². The summed E-state index contributed by atoms with van der Waals surface area (Å²) in [6, 6.07) is 6.05. The molecule has 0 spiro atoms. The van der Waals surface area contributed by atoms with Crippen LogP contribution in [-0.2, 0) is 4.79 Å². The van der Waals surface area contributed by atoms with Crippen molar-refractivity contribution in [2.45, 2.75) is 13.8 Å². The Kier molecular flexibility index (Phi) is 5.67. The van der Waals surface area contributed by atoms with Crippen LogP contribution in [0.25, 0.3) is 0 Å². The van der Waals surface area contributed by atoms with Gasteiger partial charge in [-0.1, -0.05) is 13.8 Å². The molecule has 0 atom stereocenters. The molecule has 7 heteroatoms. The van der Waals surface area contributed by atoms with E-state index in [-0.39, 0.29) is 23.7 Å². The van der Waals surface area contributed by atoms with Crippen LogP contribution in [0.4, 0.5) is 11.4 Å². The summed E-state index contributed by atoms with van der Waals surface area (Å²) in [5.41, 5.74) is 0.256. The maximum Gasteiger partial charge on any atom is 0.289 e. The highest BCUT2D eigenvalue weighted by atomic mass is 16.6. The van der Waals surface area contributed by atoms with Crippen molar-refractivity contribution < 1.29 is 9.72 Å². The lowest BCUT2D eigenvalue weighted by Gasteiger charge is -2.19. The Morgan fingerprint density at radius 1 is 1.52 bits per heavy atom. The van der Waals surface area contributed by atoms with Crippen LogP contribution in [0.1, 0.15) is 19.4 Å². The Morgan fingerprint density at radius 2 is 2.19 bits per heavy atom. The number of nitro groups is 1. The number of nitrogens with one attached hydrogen (secondary N) is 1. The smallest absolute Gasteiger partial charge is 0.289 e. The lowest BCUT2D eigenvalue weighted by molar-refractivity contribution is -0.385. The third kappa shape index (κ3) is 4.76. The minimum absolute atomic E-state index is 0.00130. The lowest BCUT2D eigenvalue weighted by Crippen LogP contribution is -2.36. The first-order valence-electron chi connectivity index (χ1n) is 6.51. The van der Waals surface area contributed by atoms with E-state index in [9.17, 15) is 14.9 Å². The molecule has 7 nitrogen and oxygen atoms in total. The highest BCUT2D eigenvalue weighted by Gasteiger charge is 2.16. The fourth-order valence-corrected chi connectivity index (χ4v) is 1.68. The molecule has 1 aromatic rings. The van der Waals surface area contributed by atoms with Gasteiger partial charge in [-0.05, 0) is 18.1 Å². The summed E-state index contributed by atoms with van der Waals surface area (Å²) >= 11 is 0. The Morgan fingerprint density at radius 3 is 2.71 bits per heavy atom. The van der Waals surface area contributed by atoms with Gasteiger partial charge in [0.2, 0.25) is 5.91 Å². The Hall–Kier alpha value is -2.62. The van der Waals surface area contributed by atoms with E-state index in [4.69, 9.17) is 5.26 Å². The number of nitriles is 1. The van der Waals surface area contributed by atoms with Crippen LogP contribution in [0.3, 0.4) is 0 Å². The molecule has 1 aromatic carbocycles. The first kappa shape index (κ1) is 16.4. The van der Waals surface area contributed by atoms with E-state index in [0.29, 0.717) is 18.2 Å². The summed E-state index contributed by atoms with van der Waals surface area (Å²) in [5.74, 6) is 0.202. The summed E-state index contributed by atoms with van der Waals surface area (Å²) in [4.78, 5) is 23.6. The molecule has 0 aliphatic rings. The zero-order valence-corrected chi connectivity index (χ0v) is 12.3. The van der Waals surface area contributed by atoms with Crippen molar-refractivity contribution in [3.63, 3.8) is 0 Å². The van der Waals surface area contributed by atoms with Crippen LogP contribution in [0.5, 0.6) is 0 Å². The van der Waals surface area contributed by atoms with Crippen molar-refractivity contribution in [3.8, 4) is 6.07 Å². The third-order valence-corrected chi connectivity index (χ3v) is 2.83. The molecule has 0 saturated heterocycles. The number of anilines is 1. The van der Waals surface area contributed by atoms with Crippen LogP contribution < -0.4 is 10.2 Å². The fourth-order valence-electron chi connectivity index (χ4n) is 1.68. The minimum Gasteiger partial charge on any atom is -0.365 e. The molecule has 0 aliphatic carbocycles. The molecule has 0 aliphatic heterocycles. The van der Waals surface area contributed by atoms with Gasteiger partial charge in [0.05, 0.1) is 11.5 Å². The van der Waals surface area contributed by atoms with Gasteiger partial charge in [0.15, 0.2) is 0 Å². The molecule has 21 heavy (non-hydrogen) atoms. The molecule has 1 amide bonds. The van der Waals surface area contributed by atoms with E-state index in [1.807, 2.05) is 13.8 Å². The zero-order chi connectivity index (χ0) is 16.0. The van der Waals surface area contributed by atoms with Gasteiger partial charge < -0.3 is 10.2 Å². The molecular formula is C14H18N4O3. The van der Waals surface area contributed by atoms with Crippen LogP contribution in [0.2, 0.25) is 0 Å². The minimum atomic E-state index is -0.602.